The standard InChI is InChI=1S/C17H18N4O4S/c1-24-9-8-21(16(23)12-20-7-3-2-6-15(20)22)11-14-18-19-17(25-14)13-5-4-10-26-13/h2-7,10H,8-9,11-12H2,1H3. The van der Waals surface area contributed by atoms with Gasteiger partial charge in [0, 0.05) is 25.9 Å². The largest absolute Gasteiger partial charge is 0.418 e. The molecule has 9 heteroatoms. The van der Waals surface area contributed by atoms with E-state index in [9.17, 15) is 9.59 Å². The third kappa shape index (κ3) is 4.44. The minimum atomic E-state index is -0.231. The van der Waals surface area contributed by atoms with Crippen molar-refractivity contribution in [2.75, 3.05) is 20.3 Å². The highest BCUT2D eigenvalue weighted by Gasteiger charge is 2.18. The van der Waals surface area contributed by atoms with Crippen LogP contribution in [0.4, 0.5) is 0 Å². The average Bonchev–Trinajstić information content (AvgIpc) is 3.32. The van der Waals surface area contributed by atoms with Gasteiger partial charge in [0.1, 0.15) is 6.54 Å². The van der Waals surface area contributed by atoms with E-state index in [0.717, 1.165) is 4.88 Å². The molecule has 0 aliphatic rings. The first-order chi connectivity index (χ1) is 12.7. The normalized spacial score (nSPS) is 10.8. The van der Waals surface area contributed by atoms with Crippen LogP contribution in [0.5, 0.6) is 0 Å². The Labute approximate surface area is 153 Å². The van der Waals surface area contributed by atoms with E-state index >= 15 is 0 Å². The van der Waals surface area contributed by atoms with Crippen molar-refractivity contribution < 1.29 is 13.9 Å². The van der Waals surface area contributed by atoms with E-state index in [2.05, 4.69) is 10.2 Å². The minimum absolute atomic E-state index is 0.0602. The van der Waals surface area contributed by atoms with Crippen molar-refractivity contribution >= 4 is 17.2 Å². The molecule has 0 saturated carbocycles. The van der Waals surface area contributed by atoms with Gasteiger partial charge in [0.05, 0.1) is 18.0 Å². The Hall–Kier alpha value is -2.78. The summed E-state index contributed by atoms with van der Waals surface area (Å²) < 4.78 is 12.1. The van der Waals surface area contributed by atoms with Crippen LogP contribution in [-0.4, -0.2) is 45.8 Å². The zero-order valence-corrected chi connectivity index (χ0v) is 15.0. The number of nitrogens with zero attached hydrogens (tertiary/aromatic N) is 4. The lowest BCUT2D eigenvalue weighted by atomic mass is 10.4. The van der Waals surface area contributed by atoms with Crippen LogP contribution in [-0.2, 0) is 22.6 Å². The van der Waals surface area contributed by atoms with Crippen molar-refractivity contribution in [2.24, 2.45) is 0 Å². The minimum Gasteiger partial charge on any atom is -0.418 e. The smallest absolute Gasteiger partial charge is 0.257 e. The average molecular weight is 374 g/mol. The second-order valence-corrected chi connectivity index (χ2v) is 6.40. The third-order valence-corrected chi connectivity index (χ3v) is 4.51. The predicted octanol–water partition coefficient (Wildman–Crippen LogP) is 1.64. The molecule has 0 atom stereocenters. The van der Waals surface area contributed by atoms with Gasteiger partial charge in [0.2, 0.25) is 11.8 Å². The third-order valence-electron chi connectivity index (χ3n) is 3.65. The summed E-state index contributed by atoms with van der Waals surface area (Å²) in [5.41, 5.74) is -0.231. The Morgan fingerprint density at radius 1 is 1.31 bits per heavy atom. The molecule has 0 saturated heterocycles. The van der Waals surface area contributed by atoms with Gasteiger partial charge in [-0.05, 0) is 17.5 Å². The lowest BCUT2D eigenvalue weighted by Gasteiger charge is -2.21. The topological polar surface area (TPSA) is 90.5 Å². The van der Waals surface area contributed by atoms with Crippen LogP contribution < -0.4 is 5.56 Å². The number of carbonyl (C=O) groups excluding carboxylic acids is 1. The van der Waals surface area contributed by atoms with Crippen molar-refractivity contribution in [3.8, 4) is 10.8 Å². The van der Waals surface area contributed by atoms with Crippen LogP contribution >= 0.6 is 11.3 Å². The van der Waals surface area contributed by atoms with Gasteiger partial charge in [-0.2, -0.15) is 0 Å². The van der Waals surface area contributed by atoms with Crippen molar-refractivity contribution in [2.45, 2.75) is 13.1 Å². The number of hydrogen-bond acceptors (Lipinski definition) is 7. The van der Waals surface area contributed by atoms with Gasteiger partial charge in [-0.3, -0.25) is 9.59 Å². The first kappa shape index (κ1) is 18.0. The van der Waals surface area contributed by atoms with Crippen LogP contribution in [0.2, 0.25) is 0 Å². The number of pyridine rings is 1. The first-order valence-corrected chi connectivity index (χ1v) is 8.84. The molecule has 0 aromatic carbocycles. The molecule has 3 rings (SSSR count). The molecule has 3 aromatic heterocycles. The van der Waals surface area contributed by atoms with Gasteiger partial charge in [0.25, 0.3) is 11.4 Å². The Bertz CT molecular complexity index is 903. The molecule has 0 radical (unpaired) electrons. The molecule has 136 valence electrons. The molecule has 3 heterocycles. The van der Waals surface area contributed by atoms with E-state index in [0.29, 0.717) is 24.9 Å². The van der Waals surface area contributed by atoms with Gasteiger partial charge in [-0.15, -0.1) is 21.5 Å². The number of methoxy groups -OCH3 is 1. The molecule has 26 heavy (non-hydrogen) atoms. The van der Waals surface area contributed by atoms with Gasteiger partial charge in [-0.25, -0.2) is 0 Å². The fourth-order valence-corrected chi connectivity index (χ4v) is 2.96. The quantitative estimate of drug-likeness (QED) is 0.595. The molecule has 0 aliphatic heterocycles. The predicted molar refractivity (Wildman–Crippen MR) is 95.6 cm³/mol. The highest BCUT2D eigenvalue weighted by atomic mass is 32.1. The van der Waals surface area contributed by atoms with Gasteiger partial charge in [0.15, 0.2) is 0 Å². The number of thiophene rings is 1. The highest BCUT2D eigenvalue weighted by Crippen LogP contribution is 2.23. The molecule has 3 aromatic rings. The van der Waals surface area contributed by atoms with Crippen LogP contribution in [0.3, 0.4) is 0 Å². The number of carbonyl (C=O) groups is 1. The van der Waals surface area contributed by atoms with Crippen LogP contribution in [0.15, 0.2) is 51.1 Å². The number of aromatic nitrogens is 3. The maximum atomic E-state index is 12.6. The molecule has 1 amide bonds. The summed E-state index contributed by atoms with van der Waals surface area (Å²) in [5.74, 6) is 0.526. The Morgan fingerprint density at radius 2 is 2.19 bits per heavy atom. The molecule has 0 bridgehead atoms. The van der Waals surface area contributed by atoms with E-state index in [1.807, 2.05) is 17.5 Å². The van der Waals surface area contributed by atoms with Gasteiger partial charge in [-0.1, -0.05) is 12.1 Å². The van der Waals surface area contributed by atoms with Crippen LogP contribution in [0, 0.1) is 0 Å². The lowest BCUT2D eigenvalue weighted by Crippen LogP contribution is -2.37. The van der Waals surface area contributed by atoms with Crippen LogP contribution in [0.25, 0.3) is 10.8 Å². The van der Waals surface area contributed by atoms with E-state index in [1.54, 1.807) is 25.4 Å². The lowest BCUT2D eigenvalue weighted by molar-refractivity contribution is -0.133. The summed E-state index contributed by atoms with van der Waals surface area (Å²) in [6.07, 6.45) is 1.58. The van der Waals surface area contributed by atoms with Gasteiger partial charge < -0.3 is 18.6 Å². The number of hydrogen-bond donors (Lipinski definition) is 0. The second-order valence-electron chi connectivity index (χ2n) is 5.45. The first-order valence-electron chi connectivity index (χ1n) is 7.96. The number of ether oxygens (including phenoxy) is 1. The van der Waals surface area contributed by atoms with Crippen LogP contribution in [0.1, 0.15) is 5.89 Å². The fourth-order valence-electron chi connectivity index (χ4n) is 2.31. The van der Waals surface area contributed by atoms with E-state index < -0.39 is 0 Å². The summed E-state index contributed by atoms with van der Waals surface area (Å²) in [7, 11) is 1.56. The van der Waals surface area contributed by atoms with Crippen molar-refractivity contribution in [1.29, 1.82) is 0 Å². The van der Waals surface area contributed by atoms with Gasteiger partial charge >= 0.3 is 0 Å². The fraction of sp³-hybridized carbons (Fsp3) is 0.294. The molecule has 8 nitrogen and oxygen atoms in total. The summed E-state index contributed by atoms with van der Waals surface area (Å²) in [6, 6.07) is 8.54. The zero-order valence-electron chi connectivity index (χ0n) is 14.2. The molecule has 0 spiro atoms. The summed E-state index contributed by atoms with van der Waals surface area (Å²) in [6.45, 7) is 0.812. The number of amides is 1. The highest BCUT2D eigenvalue weighted by molar-refractivity contribution is 7.13. The molecular weight excluding hydrogens is 356 g/mol. The molecule has 0 unspecified atom stereocenters. The van der Waals surface area contributed by atoms with Crippen molar-refractivity contribution in [3.05, 3.63) is 58.2 Å². The van der Waals surface area contributed by atoms with E-state index in [4.69, 9.17) is 9.15 Å². The maximum Gasteiger partial charge on any atom is 0.257 e. The summed E-state index contributed by atoms with van der Waals surface area (Å²) in [4.78, 5) is 26.9. The monoisotopic (exact) mass is 374 g/mol. The molecular formula is C17H18N4O4S. The zero-order chi connectivity index (χ0) is 18.4. The van der Waals surface area contributed by atoms with Crippen molar-refractivity contribution in [1.82, 2.24) is 19.7 Å². The Balaban J connectivity index is 1.72. The molecule has 0 fully saturated rings. The second kappa shape index (κ2) is 8.54. The number of rotatable bonds is 8. The van der Waals surface area contributed by atoms with Crippen molar-refractivity contribution in [3.63, 3.8) is 0 Å². The molecule has 0 aliphatic carbocycles. The Morgan fingerprint density at radius 3 is 2.92 bits per heavy atom. The van der Waals surface area contributed by atoms with E-state index in [-0.39, 0.29) is 24.6 Å². The maximum absolute atomic E-state index is 12.6. The summed E-state index contributed by atoms with van der Waals surface area (Å²) in [5, 5.41) is 9.95. The van der Waals surface area contributed by atoms with E-state index in [1.165, 1.54) is 26.9 Å². The SMILES string of the molecule is COCCN(Cc1nnc(-c2cccs2)o1)C(=O)Cn1ccccc1=O. The molecule has 0 N–H and O–H groups in total. The Kier molecular flexibility index (Phi) is 5.92. The summed E-state index contributed by atoms with van der Waals surface area (Å²) >= 11 is 1.50.